The number of carbonyl (C=O) groups is 1. The second-order valence-electron chi connectivity index (χ2n) is 6.14. The van der Waals surface area contributed by atoms with Crippen LogP contribution < -0.4 is 14.8 Å². The van der Waals surface area contributed by atoms with Crippen molar-refractivity contribution in [2.24, 2.45) is 0 Å². The zero-order valence-corrected chi connectivity index (χ0v) is 16.4. The van der Waals surface area contributed by atoms with Gasteiger partial charge < -0.3 is 14.8 Å². The van der Waals surface area contributed by atoms with Crippen LogP contribution in [0.3, 0.4) is 0 Å². The molecule has 28 heavy (non-hydrogen) atoms. The Kier molecular flexibility index (Phi) is 6.92. The molecule has 0 fully saturated rings. The highest BCUT2D eigenvalue weighted by Gasteiger charge is 2.09. The lowest BCUT2D eigenvalue weighted by molar-refractivity contribution is -0.116. The van der Waals surface area contributed by atoms with Crippen molar-refractivity contribution >= 4 is 23.3 Å². The van der Waals surface area contributed by atoms with Gasteiger partial charge in [-0.25, -0.2) is 4.68 Å². The summed E-state index contributed by atoms with van der Waals surface area (Å²) in [5.41, 5.74) is 0.941. The lowest BCUT2D eigenvalue weighted by Crippen LogP contribution is -2.16. The summed E-state index contributed by atoms with van der Waals surface area (Å²) in [4.78, 5) is 12.2. The van der Waals surface area contributed by atoms with Crippen LogP contribution in [0.4, 0.5) is 5.82 Å². The number of ether oxygens (including phenoxy) is 2. The van der Waals surface area contributed by atoms with E-state index in [1.54, 1.807) is 24.1 Å². The SMILES string of the molecule is COc1ccc(OCCCC(=O)Nc2ccnn2Cc2ccccc2Cl)cc1. The summed E-state index contributed by atoms with van der Waals surface area (Å²) < 4.78 is 12.5. The molecule has 0 aliphatic heterocycles. The number of rotatable bonds is 9. The van der Waals surface area contributed by atoms with Gasteiger partial charge in [-0.05, 0) is 42.3 Å². The van der Waals surface area contributed by atoms with Crippen LogP contribution >= 0.6 is 11.6 Å². The molecule has 7 heteroatoms. The van der Waals surface area contributed by atoms with Crippen molar-refractivity contribution < 1.29 is 14.3 Å². The van der Waals surface area contributed by atoms with Gasteiger partial charge in [0.15, 0.2) is 0 Å². The number of carbonyl (C=O) groups excluding carboxylic acids is 1. The van der Waals surface area contributed by atoms with Gasteiger partial charge in [-0.3, -0.25) is 4.79 Å². The molecule has 3 aromatic rings. The molecule has 146 valence electrons. The van der Waals surface area contributed by atoms with Gasteiger partial charge in [0.1, 0.15) is 17.3 Å². The first-order valence-corrected chi connectivity index (χ1v) is 9.35. The molecule has 0 spiro atoms. The lowest BCUT2D eigenvalue weighted by Gasteiger charge is -2.10. The number of benzene rings is 2. The highest BCUT2D eigenvalue weighted by molar-refractivity contribution is 6.31. The smallest absolute Gasteiger partial charge is 0.225 e. The molecule has 0 unspecified atom stereocenters. The molecule has 1 heterocycles. The van der Waals surface area contributed by atoms with Crippen LogP contribution in [0.25, 0.3) is 0 Å². The average Bonchev–Trinajstić information content (AvgIpc) is 3.14. The van der Waals surface area contributed by atoms with E-state index in [9.17, 15) is 4.79 Å². The average molecular weight is 400 g/mol. The van der Waals surface area contributed by atoms with Crippen molar-refractivity contribution in [3.63, 3.8) is 0 Å². The predicted molar refractivity (Wildman–Crippen MR) is 109 cm³/mol. The minimum absolute atomic E-state index is 0.0840. The Labute approximate surface area is 169 Å². The van der Waals surface area contributed by atoms with Gasteiger partial charge in [0.25, 0.3) is 0 Å². The van der Waals surface area contributed by atoms with Crippen LogP contribution in [0.5, 0.6) is 11.5 Å². The van der Waals surface area contributed by atoms with Crippen molar-refractivity contribution in [3.05, 3.63) is 71.4 Å². The van der Waals surface area contributed by atoms with Crippen LogP contribution in [0.2, 0.25) is 5.02 Å². The second kappa shape index (κ2) is 9.80. The molecule has 1 N–H and O–H groups in total. The number of hydrogen-bond donors (Lipinski definition) is 1. The van der Waals surface area contributed by atoms with Gasteiger partial charge in [-0.15, -0.1) is 0 Å². The fourth-order valence-corrected chi connectivity index (χ4v) is 2.85. The molecule has 0 aliphatic rings. The van der Waals surface area contributed by atoms with E-state index in [1.165, 1.54) is 0 Å². The van der Waals surface area contributed by atoms with Crippen molar-refractivity contribution in [2.75, 3.05) is 19.0 Å². The maximum absolute atomic E-state index is 12.2. The first kappa shape index (κ1) is 19.8. The van der Waals surface area contributed by atoms with Crippen LogP contribution in [0, 0.1) is 0 Å². The van der Waals surface area contributed by atoms with Gasteiger partial charge in [0.05, 0.1) is 26.5 Å². The molecule has 1 amide bonds. The quantitative estimate of drug-likeness (QED) is 0.542. The summed E-state index contributed by atoms with van der Waals surface area (Å²) >= 11 is 6.20. The molecule has 0 bridgehead atoms. The number of halogens is 1. The Bertz CT molecular complexity index is 909. The van der Waals surface area contributed by atoms with Crippen LogP contribution in [-0.4, -0.2) is 29.4 Å². The highest BCUT2D eigenvalue weighted by Crippen LogP contribution is 2.19. The number of hydrogen-bond acceptors (Lipinski definition) is 4. The molecule has 0 saturated heterocycles. The molecule has 6 nitrogen and oxygen atoms in total. The molecule has 0 saturated carbocycles. The van der Waals surface area contributed by atoms with Crippen molar-refractivity contribution in [2.45, 2.75) is 19.4 Å². The predicted octanol–water partition coefficient (Wildman–Crippen LogP) is 4.39. The van der Waals surface area contributed by atoms with Crippen molar-refractivity contribution in [1.29, 1.82) is 0 Å². The molecule has 3 rings (SSSR count). The number of methoxy groups -OCH3 is 1. The minimum atomic E-state index is -0.0840. The monoisotopic (exact) mass is 399 g/mol. The van der Waals surface area contributed by atoms with Gasteiger partial charge in [0.2, 0.25) is 5.91 Å². The Balaban J connectivity index is 1.45. The number of nitrogens with zero attached hydrogens (tertiary/aromatic N) is 2. The van der Waals surface area contributed by atoms with Gasteiger partial charge >= 0.3 is 0 Å². The molecular formula is C21H22ClN3O3. The van der Waals surface area contributed by atoms with E-state index in [0.29, 0.717) is 36.8 Å². The Morgan fingerprint density at radius 1 is 1.11 bits per heavy atom. The summed E-state index contributed by atoms with van der Waals surface area (Å²) in [6, 6.07) is 16.7. The third-order valence-electron chi connectivity index (χ3n) is 4.14. The largest absolute Gasteiger partial charge is 0.497 e. The molecule has 0 radical (unpaired) electrons. The number of anilines is 1. The zero-order chi connectivity index (χ0) is 19.8. The standard InChI is InChI=1S/C21H22ClN3O3/c1-27-17-8-10-18(11-9-17)28-14-4-7-21(26)24-20-12-13-23-25(20)15-16-5-2-3-6-19(16)22/h2-3,5-6,8-13H,4,7,14-15H2,1H3,(H,24,26). The molecular weight excluding hydrogens is 378 g/mol. The third kappa shape index (κ3) is 5.50. The molecule has 0 atom stereocenters. The van der Waals surface area contributed by atoms with E-state index in [2.05, 4.69) is 10.4 Å². The van der Waals surface area contributed by atoms with Crippen molar-refractivity contribution in [1.82, 2.24) is 9.78 Å². The third-order valence-corrected chi connectivity index (χ3v) is 4.51. The summed E-state index contributed by atoms with van der Waals surface area (Å²) in [5.74, 6) is 2.08. The van der Waals surface area contributed by atoms with Crippen LogP contribution in [0.1, 0.15) is 18.4 Å². The lowest BCUT2D eigenvalue weighted by atomic mass is 10.2. The summed E-state index contributed by atoms with van der Waals surface area (Å²) in [5, 5.41) is 7.83. The fraction of sp³-hybridized carbons (Fsp3) is 0.238. The number of aromatic nitrogens is 2. The highest BCUT2D eigenvalue weighted by atomic mass is 35.5. The molecule has 1 aromatic heterocycles. The van der Waals surface area contributed by atoms with E-state index >= 15 is 0 Å². The summed E-state index contributed by atoms with van der Waals surface area (Å²) in [7, 11) is 1.62. The van der Waals surface area contributed by atoms with Crippen LogP contribution in [-0.2, 0) is 11.3 Å². The van der Waals surface area contributed by atoms with Gasteiger partial charge in [-0.1, -0.05) is 29.8 Å². The van der Waals surface area contributed by atoms with E-state index in [4.69, 9.17) is 21.1 Å². The number of amides is 1. The normalized spacial score (nSPS) is 10.5. The van der Waals surface area contributed by atoms with Gasteiger partial charge in [0, 0.05) is 17.5 Å². The summed E-state index contributed by atoms with van der Waals surface area (Å²) in [6.07, 6.45) is 2.61. The maximum atomic E-state index is 12.2. The first-order chi connectivity index (χ1) is 13.7. The van der Waals surface area contributed by atoms with E-state index < -0.39 is 0 Å². The Morgan fingerprint density at radius 3 is 2.61 bits per heavy atom. The van der Waals surface area contributed by atoms with Crippen LogP contribution in [0.15, 0.2) is 60.8 Å². The minimum Gasteiger partial charge on any atom is -0.497 e. The second-order valence-corrected chi connectivity index (χ2v) is 6.55. The zero-order valence-electron chi connectivity index (χ0n) is 15.6. The fourth-order valence-electron chi connectivity index (χ4n) is 2.65. The molecule has 0 aliphatic carbocycles. The van der Waals surface area contributed by atoms with Gasteiger partial charge in [-0.2, -0.15) is 5.10 Å². The maximum Gasteiger partial charge on any atom is 0.225 e. The van der Waals surface area contributed by atoms with E-state index in [-0.39, 0.29) is 5.91 Å². The topological polar surface area (TPSA) is 65.4 Å². The van der Waals surface area contributed by atoms with E-state index in [0.717, 1.165) is 17.1 Å². The Morgan fingerprint density at radius 2 is 1.86 bits per heavy atom. The summed E-state index contributed by atoms with van der Waals surface area (Å²) in [6.45, 7) is 0.946. The number of nitrogens with one attached hydrogen (secondary N) is 1. The Hall–Kier alpha value is -2.99. The molecule has 2 aromatic carbocycles. The van der Waals surface area contributed by atoms with E-state index in [1.807, 2.05) is 48.5 Å². The van der Waals surface area contributed by atoms with Crippen molar-refractivity contribution in [3.8, 4) is 11.5 Å². The first-order valence-electron chi connectivity index (χ1n) is 8.97.